The molecular weight excluding hydrogens is 286 g/mol. The third-order valence-corrected chi connectivity index (χ3v) is 3.64. The van der Waals surface area contributed by atoms with Crippen LogP contribution in [0.3, 0.4) is 0 Å². The maximum Gasteiger partial charge on any atom is 0.221 e. The summed E-state index contributed by atoms with van der Waals surface area (Å²) in [6.07, 6.45) is 0. The number of anilines is 1. The molecule has 0 spiro atoms. The van der Waals surface area contributed by atoms with Gasteiger partial charge in [0, 0.05) is 18.1 Å². The fourth-order valence-electron chi connectivity index (χ4n) is 2.00. The molecule has 0 unspecified atom stereocenters. The summed E-state index contributed by atoms with van der Waals surface area (Å²) in [7, 11) is 0. The standard InChI is InChI=1S/C17H16ClNO2/c1-10-4-5-13(8-11(10)2)17(21)14-6-7-15(18)16(9-14)19-12(3)20/h4-9H,1-3H3,(H,19,20). The average Bonchev–Trinajstić information content (AvgIpc) is 2.43. The Hall–Kier alpha value is -2.13. The topological polar surface area (TPSA) is 46.2 Å². The first kappa shape index (κ1) is 15.3. The summed E-state index contributed by atoms with van der Waals surface area (Å²) in [6.45, 7) is 5.37. The van der Waals surface area contributed by atoms with Crippen molar-refractivity contribution in [2.24, 2.45) is 0 Å². The molecule has 0 fully saturated rings. The fraction of sp³-hybridized carbons (Fsp3) is 0.176. The third kappa shape index (κ3) is 3.50. The zero-order valence-electron chi connectivity index (χ0n) is 12.2. The van der Waals surface area contributed by atoms with Crippen LogP contribution in [0.25, 0.3) is 0 Å². The Labute approximate surface area is 128 Å². The highest BCUT2D eigenvalue weighted by Gasteiger charge is 2.12. The molecule has 2 rings (SSSR count). The van der Waals surface area contributed by atoms with E-state index in [4.69, 9.17) is 11.6 Å². The molecule has 3 nitrogen and oxygen atoms in total. The largest absolute Gasteiger partial charge is 0.325 e. The van der Waals surface area contributed by atoms with Crippen LogP contribution in [0.2, 0.25) is 5.02 Å². The van der Waals surface area contributed by atoms with Gasteiger partial charge in [0.05, 0.1) is 10.7 Å². The molecule has 1 amide bonds. The van der Waals surface area contributed by atoms with E-state index in [1.807, 2.05) is 26.0 Å². The third-order valence-electron chi connectivity index (χ3n) is 3.31. The molecular formula is C17H16ClNO2. The minimum atomic E-state index is -0.229. The van der Waals surface area contributed by atoms with Crippen LogP contribution in [0.15, 0.2) is 36.4 Å². The Balaban J connectivity index is 2.39. The molecule has 108 valence electrons. The van der Waals surface area contributed by atoms with Crippen molar-refractivity contribution in [3.8, 4) is 0 Å². The summed E-state index contributed by atoms with van der Waals surface area (Å²) < 4.78 is 0. The smallest absolute Gasteiger partial charge is 0.221 e. The van der Waals surface area contributed by atoms with Gasteiger partial charge in [-0.2, -0.15) is 0 Å². The molecule has 0 aliphatic carbocycles. The second kappa shape index (κ2) is 6.10. The number of nitrogens with one attached hydrogen (secondary N) is 1. The van der Waals surface area contributed by atoms with Crippen LogP contribution in [-0.2, 0) is 4.79 Å². The minimum Gasteiger partial charge on any atom is -0.325 e. The van der Waals surface area contributed by atoms with Gasteiger partial charge in [-0.15, -0.1) is 0 Å². The van der Waals surface area contributed by atoms with Gasteiger partial charge >= 0.3 is 0 Å². The highest BCUT2D eigenvalue weighted by atomic mass is 35.5. The highest BCUT2D eigenvalue weighted by Crippen LogP contribution is 2.24. The maximum absolute atomic E-state index is 12.5. The van der Waals surface area contributed by atoms with Crippen molar-refractivity contribution in [1.29, 1.82) is 0 Å². The molecule has 0 bridgehead atoms. The predicted molar refractivity (Wildman–Crippen MR) is 85.1 cm³/mol. The van der Waals surface area contributed by atoms with Crippen molar-refractivity contribution in [2.45, 2.75) is 20.8 Å². The molecule has 0 heterocycles. The van der Waals surface area contributed by atoms with E-state index in [0.717, 1.165) is 11.1 Å². The van der Waals surface area contributed by atoms with Gasteiger partial charge in [0.1, 0.15) is 0 Å². The Bertz CT molecular complexity index is 723. The summed E-state index contributed by atoms with van der Waals surface area (Å²) in [6, 6.07) is 10.5. The van der Waals surface area contributed by atoms with Gasteiger partial charge in [0.25, 0.3) is 0 Å². The second-order valence-electron chi connectivity index (χ2n) is 5.00. The van der Waals surface area contributed by atoms with E-state index in [2.05, 4.69) is 5.32 Å². The van der Waals surface area contributed by atoms with Crippen LogP contribution in [-0.4, -0.2) is 11.7 Å². The minimum absolute atomic E-state index is 0.0960. The van der Waals surface area contributed by atoms with Gasteiger partial charge in [-0.05, 0) is 49.2 Å². The van der Waals surface area contributed by atoms with E-state index >= 15 is 0 Å². The van der Waals surface area contributed by atoms with Crippen LogP contribution >= 0.6 is 11.6 Å². The molecule has 0 atom stereocenters. The van der Waals surface area contributed by atoms with Crippen LogP contribution in [0, 0.1) is 13.8 Å². The molecule has 2 aromatic rings. The van der Waals surface area contributed by atoms with Crippen molar-refractivity contribution in [1.82, 2.24) is 0 Å². The first-order chi connectivity index (χ1) is 9.88. The summed E-state index contributed by atoms with van der Waals surface area (Å²) in [5.41, 5.74) is 3.76. The quantitative estimate of drug-likeness (QED) is 0.866. The van der Waals surface area contributed by atoms with Crippen LogP contribution < -0.4 is 5.32 Å². The number of carbonyl (C=O) groups is 2. The number of carbonyl (C=O) groups excluding carboxylic acids is 2. The summed E-state index contributed by atoms with van der Waals surface area (Å²) in [5, 5.41) is 3.02. The Kier molecular flexibility index (Phi) is 4.43. The van der Waals surface area contributed by atoms with Crippen molar-refractivity contribution >= 4 is 29.0 Å². The molecule has 2 aromatic carbocycles. The van der Waals surface area contributed by atoms with Gasteiger partial charge < -0.3 is 5.32 Å². The molecule has 0 saturated carbocycles. The van der Waals surface area contributed by atoms with Crippen molar-refractivity contribution < 1.29 is 9.59 Å². The van der Waals surface area contributed by atoms with Gasteiger partial charge in [-0.1, -0.05) is 23.7 Å². The maximum atomic E-state index is 12.5. The van der Waals surface area contributed by atoms with E-state index in [0.29, 0.717) is 21.8 Å². The van der Waals surface area contributed by atoms with E-state index in [9.17, 15) is 9.59 Å². The molecule has 1 N–H and O–H groups in total. The second-order valence-corrected chi connectivity index (χ2v) is 5.41. The van der Waals surface area contributed by atoms with E-state index in [1.54, 1.807) is 24.3 Å². The molecule has 0 aliphatic heterocycles. The lowest BCUT2D eigenvalue weighted by molar-refractivity contribution is -0.114. The summed E-state index contributed by atoms with van der Waals surface area (Å²) in [5.74, 6) is -0.325. The summed E-state index contributed by atoms with van der Waals surface area (Å²) in [4.78, 5) is 23.6. The highest BCUT2D eigenvalue weighted by molar-refractivity contribution is 6.34. The van der Waals surface area contributed by atoms with Crippen molar-refractivity contribution in [3.05, 3.63) is 63.7 Å². The van der Waals surface area contributed by atoms with Crippen LogP contribution in [0.4, 0.5) is 5.69 Å². The zero-order chi connectivity index (χ0) is 15.6. The Morgan fingerprint density at radius 3 is 2.19 bits per heavy atom. The molecule has 0 radical (unpaired) electrons. The van der Waals surface area contributed by atoms with Crippen LogP contribution in [0.5, 0.6) is 0 Å². The molecule has 21 heavy (non-hydrogen) atoms. The lowest BCUT2D eigenvalue weighted by Crippen LogP contribution is -2.08. The average molecular weight is 302 g/mol. The van der Waals surface area contributed by atoms with Crippen LogP contribution in [0.1, 0.15) is 34.0 Å². The number of ketones is 1. The number of halogens is 1. The monoisotopic (exact) mass is 301 g/mol. The lowest BCUT2D eigenvalue weighted by atomic mass is 9.99. The SMILES string of the molecule is CC(=O)Nc1cc(C(=O)c2ccc(C)c(C)c2)ccc1Cl. The van der Waals surface area contributed by atoms with Gasteiger partial charge in [-0.25, -0.2) is 0 Å². The first-order valence-electron chi connectivity index (χ1n) is 6.57. The number of benzene rings is 2. The molecule has 0 aliphatic rings. The normalized spacial score (nSPS) is 10.3. The predicted octanol–water partition coefficient (Wildman–Crippen LogP) is 4.15. The van der Waals surface area contributed by atoms with Gasteiger partial charge in [0.2, 0.25) is 5.91 Å². The van der Waals surface area contributed by atoms with E-state index in [-0.39, 0.29) is 11.7 Å². The number of hydrogen-bond donors (Lipinski definition) is 1. The molecule has 4 heteroatoms. The fourth-order valence-corrected chi connectivity index (χ4v) is 2.17. The molecule has 0 aromatic heterocycles. The van der Waals surface area contributed by atoms with Crippen molar-refractivity contribution in [2.75, 3.05) is 5.32 Å². The number of rotatable bonds is 3. The summed E-state index contributed by atoms with van der Waals surface area (Å²) >= 11 is 6.01. The van der Waals surface area contributed by atoms with Crippen molar-refractivity contribution in [3.63, 3.8) is 0 Å². The zero-order valence-corrected chi connectivity index (χ0v) is 12.9. The van der Waals surface area contributed by atoms with E-state index < -0.39 is 0 Å². The molecule has 0 saturated heterocycles. The number of aryl methyl sites for hydroxylation is 2. The van der Waals surface area contributed by atoms with Gasteiger partial charge in [-0.3, -0.25) is 9.59 Å². The van der Waals surface area contributed by atoms with Gasteiger partial charge in [0.15, 0.2) is 5.78 Å². The van der Waals surface area contributed by atoms with E-state index in [1.165, 1.54) is 6.92 Å². The Morgan fingerprint density at radius 2 is 1.57 bits per heavy atom. The number of amides is 1. The Morgan fingerprint density at radius 1 is 0.952 bits per heavy atom. The number of hydrogen-bond acceptors (Lipinski definition) is 2. The lowest BCUT2D eigenvalue weighted by Gasteiger charge is -2.09. The first-order valence-corrected chi connectivity index (χ1v) is 6.95.